The van der Waals surface area contributed by atoms with Crippen molar-refractivity contribution in [3.8, 4) is 5.75 Å². The minimum Gasteiger partial charge on any atom is -0.495 e. The SMILES string of the molecule is CCc1nc(C)c(C(=O)NC(c2cncc(OC)c2)C2CC(O)C2)o1. The van der Waals surface area contributed by atoms with Crippen molar-refractivity contribution < 1.29 is 19.1 Å². The quantitative estimate of drug-likeness (QED) is 0.833. The van der Waals surface area contributed by atoms with Crippen LogP contribution in [0.4, 0.5) is 0 Å². The standard InChI is InChI=1S/C18H23N3O4/c1-4-15-20-10(2)17(25-15)18(23)21-16(11-5-13(22)6-11)12-7-14(24-3)9-19-8-12/h7-9,11,13,16,22H,4-6H2,1-3H3,(H,21,23). The average molecular weight is 345 g/mol. The van der Waals surface area contributed by atoms with Gasteiger partial charge in [-0.05, 0) is 37.3 Å². The lowest BCUT2D eigenvalue weighted by molar-refractivity contribution is 0.0231. The number of hydrogen-bond donors (Lipinski definition) is 2. The fourth-order valence-corrected chi connectivity index (χ4v) is 3.11. The first-order valence-electron chi connectivity index (χ1n) is 8.46. The number of aromatic nitrogens is 2. The van der Waals surface area contributed by atoms with Gasteiger partial charge < -0.3 is 19.6 Å². The molecule has 7 nitrogen and oxygen atoms in total. The fraction of sp³-hybridized carbons (Fsp3) is 0.500. The lowest BCUT2D eigenvalue weighted by atomic mass is 9.75. The van der Waals surface area contributed by atoms with Gasteiger partial charge in [0.15, 0.2) is 5.89 Å². The van der Waals surface area contributed by atoms with Crippen molar-refractivity contribution in [3.05, 3.63) is 41.4 Å². The van der Waals surface area contributed by atoms with Gasteiger partial charge in [-0.25, -0.2) is 4.98 Å². The van der Waals surface area contributed by atoms with Crippen LogP contribution in [-0.2, 0) is 6.42 Å². The van der Waals surface area contributed by atoms with Gasteiger partial charge in [0.25, 0.3) is 5.91 Å². The molecule has 7 heteroatoms. The third-order valence-electron chi connectivity index (χ3n) is 4.59. The average Bonchev–Trinajstić information content (AvgIpc) is 2.98. The van der Waals surface area contributed by atoms with Crippen LogP contribution < -0.4 is 10.1 Å². The third kappa shape index (κ3) is 3.66. The number of nitrogens with one attached hydrogen (secondary N) is 1. The summed E-state index contributed by atoms with van der Waals surface area (Å²) in [6.45, 7) is 3.68. The first kappa shape index (κ1) is 17.4. The highest BCUT2D eigenvalue weighted by Gasteiger charge is 2.36. The van der Waals surface area contributed by atoms with Crippen molar-refractivity contribution in [2.45, 2.75) is 45.3 Å². The highest BCUT2D eigenvalue weighted by molar-refractivity contribution is 5.92. The Morgan fingerprint density at radius 1 is 1.48 bits per heavy atom. The van der Waals surface area contributed by atoms with E-state index in [1.54, 1.807) is 26.4 Å². The predicted octanol–water partition coefficient (Wildman–Crippen LogP) is 2.19. The van der Waals surface area contributed by atoms with Crippen molar-refractivity contribution in [3.63, 3.8) is 0 Å². The zero-order valence-electron chi connectivity index (χ0n) is 14.7. The van der Waals surface area contributed by atoms with Gasteiger partial charge >= 0.3 is 0 Å². The van der Waals surface area contributed by atoms with E-state index >= 15 is 0 Å². The van der Waals surface area contributed by atoms with Gasteiger partial charge in [-0.2, -0.15) is 0 Å². The zero-order valence-corrected chi connectivity index (χ0v) is 14.7. The van der Waals surface area contributed by atoms with Crippen LogP contribution in [0.2, 0.25) is 0 Å². The van der Waals surface area contributed by atoms with Crippen LogP contribution in [0.15, 0.2) is 22.9 Å². The topological polar surface area (TPSA) is 97.5 Å². The van der Waals surface area contributed by atoms with E-state index in [1.807, 2.05) is 13.0 Å². The Labute approximate surface area is 146 Å². The van der Waals surface area contributed by atoms with Crippen LogP contribution in [0, 0.1) is 12.8 Å². The summed E-state index contributed by atoms with van der Waals surface area (Å²) >= 11 is 0. The molecule has 0 spiro atoms. The Kier molecular flexibility index (Phi) is 5.03. The number of aliphatic hydroxyl groups is 1. The van der Waals surface area contributed by atoms with E-state index < -0.39 is 0 Å². The summed E-state index contributed by atoms with van der Waals surface area (Å²) < 4.78 is 10.8. The molecule has 0 radical (unpaired) electrons. The van der Waals surface area contributed by atoms with Gasteiger partial charge in [-0.3, -0.25) is 9.78 Å². The van der Waals surface area contributed by atoms with E-state index in [0.717, 1.165) is 5.56 Å². The minimum atomic E-state index is -0.318. The Morgan fingerprint density at radius 3 is 2.84 bits per heavy atom. The number of ether oxygens (including phenoxy) is 1. The number of carbonyl (C=O) groups excluding carboxylic acids is 1. The smallest absolute Gasteiger partial charge is 0.289 e. The van der Waals surface area contributed by atoms with Crippen LogP contribution in [0.3, 0.4) is 0 Å². The first-order chi connectivity index (χ1) is 12.0. The number of aliphatic hydroxyl groups excluding tert-OH is 1. The number of nitrogens with zero attached hydrogens (tertiary/aromatic N) is 2. The molecular formula is C18H23N3O4. The van der Waals surface area contributed by atoms with Crippen LogP contribution in [-0.4, -0.2) is 34.2 Å². The summed E-state index contributed by atoms with van der Waals surface area (Å²) in [5.74, 6) is 1.24. The minimum absolute atomic E-state index is 0.140. The van der Waals surface area contributed by atoms with Crippen molar-refractivity contribution in [2.24, 2.45) is 5.92 Å². The third-order valence-corrected chi connectivity index (χ3v) is 4.59. The maximum atomic E-state index is 12.7. The number of aryl methyl sites for hydroxylation is 2. The Hall–Kier alpha value is -2.41. The molecule has 0 saturated heterocycles. The second kappa shape index (κ2) is 7.23. The molecular weight excluding hydrogens is 322 g/mol. The summed E-state index contributed by atoms with van der Waals surface area (Å²) in [6, 6.07) is 1.58. The van der Waals surface area contributed by atoms with Gasteiger partial charge in [0.05, 0.1) is 31.1 Å². The number of amides is 1. The van der Waals surface area contributed by atoms with Gasteiger partial charge in [-0.1, -0.05) is 6.92 Å². The molecule has 0 bridgehead atoms. The number of rotatable bonds is 6. The maximum absolute atomic E-state index is 12.7. The van der Waals surface area contributed by atoms with E-state index in [1.165, 1.54) is 0 Å². The van der Waals surface area contributed by atoms with Crippen molar-refractivity contribution in [2.75, 3.05) is 7.11 Å². The first-order valence-corrected chi connectivity index (χ1v) is 8.46. The van der Waals surface area contributed by atoms with Crippen LogP contribution >= 0.6 is 0 Å². The molecule has 2 aromatic heterocycles. The maximum Gasteiger partial charge on any atom is 0.289 e. The predicted molar refractivity (Wildman–Crippen MR) is 90.3 cm³/mol. The molecule has 3 rings (SSSR count). The summed E-state index contributed by atoms with van der Waals surface area (Å²) in [4.78, 5) is 21.1. The molecule has 2 aromatic rings. The van der Waals surface area contributed by atoms with Gasteiger partial charge in [0.2, 0.25) is 5.76 Å². The Balaban J connectivity index is 1.84. The molecule has 1 atom stereocenters. The highest BCUT2D eigenvalue weighted by Crippen LogP contribution is 2.38. The van der Waals surface area contributed by atoms with E-state index in [9.17, 15) is 9.90 Å². The largest absolute Gasteiger partial charge is 0.495 e. The molecule has 0 aromatic carbocycles. The number of oxazole rings is 1. The van der Waals surface area contributed by atoms with Crippen molar-refractivity contribution in [1.82, 2.24) is 15.3 Å². The monoisotopic (exact) mass is 345 g/mol. The summed E-state index contributed by atoms with van der Waals surface area (Å²) in [6.07, 6.45) is 4.91. The summed E-state index contributed by atoms with van der Waals surface area (Å²) in [7, 11) is 1.58. The highest BCUT2D eigenvalue weighted by atomic mass is 16.5. The molecule has 1 aliphatic carbocycles. The zero-order chi connectivity index (χ0) is 18.0. The Morgan fingerprint density at radius 2 is 2.24 bits per heavy atom. The van der Waals surface area contributed by atoms with E-state index in [4.69, 9.17) is 9.15 Å². The number of carbonyl (C=O) groups is 1. The number of methoxy groups -OCH3 is 1. The molecule has 1 amide bonds. The van der Waals surface area contributed by atoms with Crippen LogP contribution in [0.5, 0.6) is 5.75 Å². The van der Waals surface area contributed by atoms with E-state index in [2.05, 4.69) is 15.3 Å². The van der Waals surface area contributed by atoms with E-state index in [-0.39, 0.29) is 29.7 Å². The molecule has 2 heterocycles. The second-order valence-corrected chi connectivity index (χ2v) is 6.37. The molecule has 1 fully saturated rings. The number of hydrogen-bond acceptors (Lipinski definition) is 6. The number of pyridine rings is 1. The lowest BCUT2D eigenvalue weighted by Gasteiger charge is -2.38. The van der Waals surface area contributed by atoms with Gasteiger partial charge in [0.1, 0.15) is 5.75 Å². The molecule has 25 heavy (non-hydrogen) atoms. The summed E-state index contributed by atoms with van der Waals surface area (Å²) in [5, 5.41) is 12.7. The molecule has 134 valence electrons. The van der Waals surface area contributed by atoms with Crippen LogP contribution in [0.1, 0.15) is 53.5 Å². The van der Waals surface area contributed by atoms with E-state index in [0.29, 0.717) is 36.6 Å². The lowest BCUT2D eigenvalue weighted by Crippen LogP contribution is -2.41. The second-order valence-electron chi connectivity index (χ2n) is 6.37. The molecule has 1 saturated carbocycles. The van der Waals surface area contributed by atoms with Crippen molar-refractivity contribution >= 4 is 5.91 Å². The molecule has 0 aliphatic heterocycles. The molecule has 2 N–H and O–H groups in total. The normalized spacial score (nSPS) is 20.6. The molecule has 1 aliphatic rings. The van der Waals surface area contributed by atoms with Gasteiger partial charge in [-0.15, -0.1) is 0 Å². The summed E-state index contributed by atoms with van der Waals surface area (Å²) in [5.41, 5.74) is 1.42. The van der Waals surface area contributed by atoms with Crippen LogP contribution in [0.25, 0.3) is 0 Å². The molecule has 1 unspecified atom stereocenters. The fourth-order valence-electron chi connectivity index (χ4n) is 3.11. The Bertz CT molecular complexity index is 753. The van der Waals surface area contributed by atoms with Crippen molar-refractivity contribution in [1.29, 1.82) is 0 Å². The van der Waals surface area contributed by atoms with Gasteiger partial charge in [0, 0.05) is 12.6 Å².